The Balaban J connectivity index is 1.57. The molecule has 152 valence electrons. The van der Waals surface area contributed by atoms with Gasteiger partial charge in [0.15, 0.2) is 0 Å². The maximum atomic E-state index is 12.4. The first-order valence-electron chi connectivity index (χ1n) is 9.10. The number of hydrogen-bond acceptors (Lipinski definition) is 4. The minimum Gasteiger partial charge on any atom is -0.435 e. The quantitative estimate of drug-likeness (QED) is 0.698. The molecule has 2 aromatic carbocycles. The molecular weight excluding hydrogens is 382 g/mol. The first-order valence-corrected chi connectivity index (χ1v) is 9.10. The van der Waals surface area contributed by atoms with Crippen molar-refractivity contribution in [3.63, 3.8) is 0 Å². The Morgan fingerprint density at radius 3 is 2.34 bits per heavy atom. The van der Waals surface area contributed by atoms with Crippen molar-refractivity contribution in [1.29, 1.82) is 0 Å². The molecule has 2 N–H and O–H groups in total. The molecule has 29 heavy (non-hydrogen) atoms. The summed E-state index contributed by atoms with van der Waals surface area (Å²) in [5, 5.41) is 5.12. The molecule has 0 unspecified atom stereocenters. The van der Waals surface area contributed by atoms with Crippen LogP contribution in [0.2, 0.25) is 0 Å². The zero-order valence-electron chi connectivity index (χ0n) is 15.7. The average Bonchev–Trinajstić information content (AvgIpc) is 2.99. The Labute approximate surface area is 166 Å². The van der Waals surface area contributed by atoms with E-state index in [1.165, 1.54) is 12.1 Å². The third-order valence-electron chi connectivity index (χ3n) is 4.72. The van der Waals surface area contributed by atoms with Crippen molar-refractivity contribution in [2.75, 3.05) is 0 Å². The van der Waals surface area contributed by atoms with E-state index >= 15 is 0 Å². The maximum Gasteiger partial charge on any atom is 0.387 e. The third-order valence-corrected chi connectivity index (χ3v) is 4.72. The van der Waals surface area contributed by atoms with Gasteiger partial charge in [0.1, 0.15) is 5.75 Å². The van der Waals surface area contributed by atoms with Crippen LogP contribution in [0.4, 0.5) is 8.78 Å². The van der Waals surface area contributed by atoms with Gasteiger partial charge in [-0.2, -0.15) is 8.78 Å². The van der Waals surface area contributed by atoms with Crippen molar-refractivity contribution >= 4 is 17.7 Å². The summed E-state index contributed by atoms with van der Waals surface area (Å²) in [6, 6.07) is 12.6. The van der Waals surface area contributed by atoms with E-state index in [0.717, 1.165) is 11.1 Å². The highest BCUT2D eigenvalue weighted by Gasteiger charge is 2.30. The van der Waals surface area contributed by atoms with Crippen LogP contribution < -0.4 is 15.4 Å². The van der Waals surface area contributed by atoms with Crippen molar-refractivity contribution < 1.29 is 27.9 Å². The van der Waals surface area contributed by atoms with Gasteiger partial charge in [-0.3, -0.25) is 19.7 Å². The van der Waals surface area contributed by atoms with Crippen LogP contribution in [0.5, 0.6) is 5.75 Å². The molecule has 0 aromatic heterocycles. The van der Waals surface area contributed by atoms with Gasteiger partial charge in [-0.25, -0.2) is 0 Å². The van der Waals surface area contributed by atoms with E-state index in [1.54, 1.807) is 43.3 Å². The number of imide groups is 1. The summed E-state index contributed by atoms with van der Waals surface area (Å²) in [6.45, 7) is -1.10. The molecule has 3 amide bonds. The van der Waals surface area contributed by atoms with Gasteiger partial charge in [0.2, 0.25) is 11.8 Å². The Bertz CT molecular complexity index is 898. The van der Waals surface area contributed by atoms with E-state index in [-0.39, 0.29) is 41.9 Å². The predicted octanol–water partition coefficient (Wildman–Crippen LogP) is 2.98. The van der Waals surface area contributed by atoms with Crippen LogP contribution in [-0.4, -0.2) is 24.3 Å². The second-order valence-corrected chi connectivity index (χ2v) is 6.86. The van der Waals surface area contributed by atoms with E-state index in [2.05, 4.69) is 15.4 Å². The predicted molar refractivity (Wildman–Crippen MR) is 100 cm³/mol. The molecule has 0 bridgehead atoms. The van der Waals surface area contributed by atoms with Gasteiger partial charge in [-0.1, -0.05) is 24.3 Å². The van der Waals surface area contributed by atoms with E-state index in [1.807, 2.05) is 0 Å². The van der Waals surface area contributed by atoms with Crippen LogP contribution in [0.25, 0.3) is 0 Å². The number of halogens is 2. The Kier molecular flexibility index (Phi) is 6.21. The van der Waals surface area contributed by atoms with Gasteiger partial charge < -0.3 is 10.1 Å². The summed E-state index contributed by atoms with van der Waals surface area (Å²) < 4.78 is 28.7. The number of carbonyl (C=O) groups excluding carboxylic acids is 3. The molecule has 1 heterocycles. The number of nitrogens with one attached hydrogen (secondary N) is 2. The van der Waals surface area contributed by atoms with Gasteiger partial charge in [0, 0.05) is 12.0 Å². The van der Waals surface area contributed by atoms with Gasteiger partial charge >= 0.3 is 6.61 Å². The first-order chi connectivity index (χ1) is 13.8. The molecule has 0 saturated carbocycles. The summed E-state index contributed by atoms with van der Waals surface area (Å²) >= 11 is 0. The molecule has 1 saturated heterocycles. The SMILES string of the molecule is C[C@H](NC(=O)c1ccc(C[C@H]2CC(=O)NC2=O)cc1)c1ccc(OC(F)F)cc1. The fourth-order valence-electron chi connectivity index (χ4n) is 3.15. The Morgan fingerprint density at radius 1 is 1.14 bits per heavy atom. The van der Waals surface area contributed by atoms with Crippen molar-refractivity contribution in [2.45, 2.75) is 32.4 Å². The molecule has 0 spiro atoms. The van der Waals surface area contributed by atoms with E-state index in [0.29, 0.717) is 12.0 Å². The van der Waals surface area contributed by atoms with Crippen molar-refractivity contribution in [3.8, 4) is 5.75 Å². The number of benzene rings is 2. The zero-order chi connectivity index (χ0) is 21.0. The molecule has 1 aliphatic rings. The lowest BCUT2D eigenvalue weighted by Crippen LogP contribution is -2.26. The number of rotatable bonds is 7. The molecule has 2 aromatic rings. The molecule has 3 rings (SSSR count). The topological polar surface area (TPSA) is 84.5 Å². The van der Waals surface area contributed by atoms with Gasteiger partial charge in [0.05, 0.1) is 12.0 Å². The first kappa shape index (κ1) is 20.4. The fourth-order valence-corrected chi connectivity index (χ4v) is 3.15. The van der Waals surface area contributed by atoms with Crippen LogP contribution in [0.15, 0.2) is 48.5 Å². The van der Waals surface area contributed by atoms with E-state index in [4.69, 9.17) is 0 Å². The lowest BCUT2D eigenvalue weighted by atomic mass is 9.97. The molecule has 1 aliphatic heterocycles. The number of carbonyl (C=O) groups is 3. The van der Waals surface area contributed by atoms with Crippen molar-refractivity contribution in [2.24, 2.45) is 5.92 Å². The monoisotopic (exact) mass is 402 g/mol. The molecule has 6 nitrogen and oxygen atoms in total. The highest BCUT2D eigenvalue weighted by Crippen LogP contribution is 2.20. The second kappa shape index (κ2) is 8.81. The van der Waals surface area contributed by atoms with E-state index in [9.17, 15) is 23.2 Å². The van der Waals surface area contributed by atoms with Crippen molar-refractivity contribution in [3.05, 3.63) is 65.2 Å². The summed E-state index contributed by atoms with van der Waals surface area (Å²) in [4.78, 5) is 35.4. The van der Waals surface area contributed by atoms with Gasteiger partial charge in [-0.05, 0) is 48.7 Å². The standard InChI is InChI=1S/C21H20F2N2O4/c1-12(14-6-8-17(9-7-14)29-21(22)23)24-19(27)15-4-2-13(3-5-15)10-16-11-18(26)25-20(16)28/h2-9,12,16,21H,10-11H2,1H3,(H,24,27)(H,25,26,28)/t12-,16-/m0/s1. The van der Waals surface area contributed by atoms with Gasteiger partial charge in [0.25, 0.3) is 5.91 Å². The Hall–Kier alpha value is -3.29. The summed E-state index contributed by atoms with van der Waals surface area (Å²) in [7, 11) is 0. The number of amides is 3. The molecule has 2 atom stereocenters. The molecule has 0 aliphatic carbocycles. The molecule has 1 fully saturated rings. The number of alkyl halides is 2. The van der Waals surface area contributed by atoms with Crippen molar-refractivity contribution in [1.82, 2.24) is 10.6 Å². The van der Waals surface area contributed by atoms with Crippen LogP contribution in [0.3, 0.4) is 0 Å². The third kappa shape index (κ3) is 5.37. The van der Waals surface area contributed by atoms with Gasteiger partial charge in [-0.15, -0.1) is 0 Å². The van der Waals surface area contributed by atoms with Crippen LogP contribution in [-0.2, 0) is 16.0 Å². The summed E-state index contributed by atoms with van der Waals surface area (Å²) in [5.41, 5.74) is 2.05. The molecule has 8 heteroatoms. The summed E-state index contributed by atoms with van der Waals surface area (Å²) in [6.07, 6.45) is 0.614. The maximum absolute atomic E-state index is 12.4. The highest BCUT2D eigenvalue weighted by molar-refractivity contribution is 6.03. The van der Waals surface area contributed by atoms with E-state index < -0.39 is 6.61 Å². The minimum absolute atomic E-state index is 0.0514. The smallest absolute Gasteiger partial charge is 0.387 e. The fraction of sp³-hybridized carbons (Fsp3) is 0.286. The normalized spacial score (nSPS) is 17.2. The lowest BCUT2D eigenvalue weighted by molar-refractivity contribution is -0.125. The highest BCUT2D eigenvalue weighted by atomic mass is 19.3. The average molecular weight is 402 g/mol. The van der Waals surface area contributed by atoms with Crippen LogP contribution in [0, 0.1) is 5.92 Å². The summed E-state index contributed by atoms with van der Waals surface area (Å²) in [5.74, 6) is -1.14. The lowest BCUT2D eigenvalue weighted by Gasteiger charge is -2.15. The van der Waals surface area contributed by atoms with Crippen LogP contribution >= 0.6 is 0 Å². The van der Waals surface area contributed by atoms with Crippen LogP contribution in [0.1, 0.15) is 40.9 Å². The largest absolute Gasteiger partial charge is 0.435 e. The Morgan fingerprint density at radius 2 is 1.79 bits per heavy atom. The second-order valence-electron chi connectivity index (χ2n) is 6.86. The zero-order valence-corrected chi connectivity index (χ0v) is 15.7. The number of hydrogen-bond donors (Lipinski definition) is 2. The molecule has 0 radical (unpaired) electrons. The minimum atomic E-state index is -2.88. The molecular formula is C21H20F2N2O4. The number of ether oxygens (including phenoxy) is 1.